The number of hydrogen-bond donors (Lipinski definition) is 0. The van der Waals surface area contributed by atoms with Crippen LogP contribution in [0.1, 0.15) is 24.1 Å². The average molecular weight is 483 g/mol. The lowest BCUT2D eigenvalue weighted by Crippen LogP contribution is -2.46. The number of rotatable bonds is 6. The van der Waals surface area contributed by atoms with Gasteiger partial charge in [0, 0.05) is 26.2 Å². The molecular weight excluding hydrogens is 461 g/mol. The van der Waals surface area contributed by atoms with E-state index in [2.05, 4.69) is 4.98 Å². The first kappa shape index (κ1) is 24.5. The lowest BCUT2D eigenvalue weighted by Gasteiger charge is -2.31. The monoisotopic (exact) mass is 482 g/mol. The van der Waals surface area contributed by atoms with Crippen LogP contribution in [-0.2, 0) is 20.6 Å². The highest BCUT2D eigenvalue weighted by Gasteiger charge is 2.41. The topological polar surface area (TPSA) is 73.8 Å². The molecule has 1 fully saturated rings. The molecular formula is C22H22ClF3N4O3. The molecule has 0 saturated carbocycles. The third-order valence-corrected chi connectivity index (χ3v) is 5.70. The van der Waals surface area contributed by atoms with Crippen LogP contribution in [0.3, 0.4) is 0 Å². The molecule has 1 atom stereocenters. The average Bonchev–Trinajstić information content (AvgIpc) is 3.12. The maximum atomic E-state index is 13.4. The van der Waals surface area contributed by atoms with E-state index in [9.17, 15) is 27.6 Å². The van der Waals surface area contributed by atoms with Crippen molar-refractivity contribution >= 4 is 46.9 Å². The minimum Gasteiger partial charge on any atom is -0.365 e. The fourth-order valence-electron chi connectivity index (χ4n) is 3.84. The SMILES string of the molecule is Cc1cc(C(F)(F)F)cc(N2C(=O)CCC2C(=O)N(C)c2cccc(Cl)c2N(C)CC=O)n1. The van der Waals surface area contributed by atoms with Crippen LogP contribution in [0, 0.1) is 6.92 Å². The molecule has 2 amide bonds. The number of benzene rings is 1. The number of aldehydes is 1. The number of halogens is 4. The molecule has 0 N–H and O–H groups in total. The van der Waals surface area contributed by atoms with Crippen LogP contribution in [0.15, 0.2) is 30.3 Å². The van der Waals surface area contributed by atoms with E-state index >= 15 is 0 Å². The molecule has 33 heavy (non-hydrogen) atoms. The van der Waals surface area contributed by atoms with Crippen molar-refractivity contribution in [2.75, 3.05) is 35.3 Å². The van der Waals surface area contributed by atoms with Gasteiger partial charge in [-0.1, -0.05) is 17.7 Å². The Kier molecular flexibility index (Phi) is 6.97. The van der Waals surface area contributed by atoms with Gasteiger partial charge in [-0.25, -0.2) is 4.98 Å². The third-order valence-electron chi connectivity index (χ3n) is 5.40. The quantitative estimate of drug-likeness (QED) is 0.585. The molecule has 0 aliphatic carbocycles. The number of aryl methyl sites for hydroxylation is 1. The summed E-state index contributed by atoms with van der Waals surface area (Å²) in [5.41, 5.74) is -0.0427. The van der Waals surface area contributed by atoms with Gasteiger partial charge in [-0.2, -0.15) is 13.2 Å². The molecule has 1 unspecified atom stereocenters. The molecule has 7 nitrogen and oxygen atoms in total. The highest BCUT2D eigenvalue weighted by atomic mass is 35.5. The van der Waals surface area contributed by atoms with Crippen LogP contribution in [0.4, 0.5) is 30.4 Å². The summed E-state index contributed by atoms with van der Waals surface area (Å²) in [6.07, 6.45) is -3.82. The van der Waals surface area contributed by atoms with E-state index < -0.39 is 29.6 Å². The summed E-state index contributed by atoms with van der Waals surface area (Å²) in [6.45, 7) is 1.42. The smallest absolute Gasteiger partial charge is 0.365 e. The predicted molar refractivity (Wildman–Crippen MR) is 119 cm³/mol. The van der Waals surface area contributed by atoms with Crippen LogP contribution in [-0.4, -0.2) is 49.8 Å². The summed E-state index contributed by atoms with van der Waals surface area (Å²) < 4.78 is 39.9. The van der Waals surface area contributed by atoms with E-state index in [0.29, 0.717) is 22.7 Å². The van der Waals surface area contributed by atoms with E-state index in [1.54, 1.807) is 30.1 Å². The zero-order valence-corrected chi connectivity index (χ0v) is 18.9. The van der Waals surface area contributed by atoms with E-state index in [1.807, 2.05) is 0 Å². The lowest BCUT2D eigenvalue weighted by atomic mass is 10.1. The minimum atomic E-state index is -4.62. The van der Waals surface area contributed by atoms with Gasteiger partial charge in [-0.15, -0.1) is 0 Å². The molecule has 0 spiro atoms. The number of anilines is 3. The van der Waals surface area contributed by atoms with E-state index in [0.717, 1.165) is 17.0 Å². The second-order valence-electron chi connectivity index (χ2n) is 7.72. The normalized spacial score (nSPS) is 16.2. The summed E-state index contributed by atoms with van der Waals surface area (Å²) in [5, 5.41) is 0.311. The van der Waals surface area contributed by atoms with Crippen LogP contribution in [0.2, 0.25) is 5.02 Å². The number of hydrogen-bond acceptors (Lipinski definition) is 5. The number of likely N-dealkylation sites (N-methyl/N-ethyl adjacent to an activating group) is 2. The van der Waals surface area contributed by atoms with Crippen LogP contribution >= 0.6 is 11.6 Å². The highest BCUT2D eigenvalue weighted by Crippen LogP contribution is 2.38. The molecule has 1 aliphatic rings. The summed E-state index contributed by atoms with van der Waals surface area (Å²) in [7, 11) is 3.12. The van der Waals surface area contributed by atoms with Crippen molar-refractivity contribution in [2.24, 2.45) is 0 Å². The van der Waals surface area contributed by atoms with E-state index in [1.165, 1.54) is 18.9 Å². The molecule has 1 aliphatic heterocycles. The van der Waals surface area contributed by atoms with Crippen molar-refractivity contribution in [3.63, 3.8) is 0 Å². The van der Waals surface area contributed by atoms with E-state index in [4.69, 9.17) is 11.6 Å². The summed E-state index contributed by atoms with van der Waals surface area (Å²) in [6, 6.07) is 5.50. The first-order valence-corrected chi connectivity index (χ1v) is 10.4. The van der Waals surface area contributed by atoms with E-state index in [-0.39, 0.29) is 30.9 Å². The second kappa shape index (κ2) is 9.38. The molecule has 0 radical (unpaired) electrons. The number of aromatic nitrogens is 1. The number of nitrogens with zero attached hydrogens (tertiary/aromatic N) is 4. The third kappa shape index (κ3) is 4.95. The number of pyridine rings is 1. The van der Waals surface area contributed by atoms with Crippen LogP contribution < -0.4 is 14.7 Å². The van der Waals surface area contributed by atoms with Gasteiger partial charge >= 0.3 is 6.18 Å². The van der Waals surface area contributed by atoms with Gasteiger partial charge in [0.25, 0.3) is 0 Å². The Balaban J connectivity index is 2.00. The molecule has 0 bridgehead atoms. The largest absolute Gasteiger partial charge is 0.416 e. The highest BCUT2D eigenvalue weighted by molar-refractivity contribution is 6.34. The Hall–Kier alpha value is -3.14. The van der Waals surface area contributed by atoms with Gasteiger partial charge in [0.05, 0.1) is 28.5 Å². The van der Waals surface area contributed by atoms with Crippen LogP contribution in [0.25, 0.3) is 0 Å². The zero-order chi connectivity index (χ0) is 24.5. The fourth-order valence-corrected chi connectivity index (χ4v) is 4.15. The van der Waals surface area contributed by atoms with Crippen molar-refractivity contribution in [1.82, 2.24) is 4.98 Å². The standard InChI is InChI=1S/C22H22ClF3N4O3/c1-13-11-14(22(24,25)26)12-18(27-13)30-17(7-8-19(30)32)21(33)29(3)16-6-4-5-15(23)20(16)28(2)9-10-31/h4-6,10-12,17H,7-9H2,1-3H3. The fraction of sp³-hybridized carbons (Fsp3) is 0.364. The van der Waals surface area contributed by atoms with Crippen LogP contribution in [0.5, 0.6) is 0 Å². The van der Waals surface area contributed by atoms with Gasteiger partial charge in [-0.05, 0) is 37.6 Å². The molecule has 2 aromatic rings. The zero-order valence-electron chi connectivity index (χ0n) is 18.2. The van der Waals surface area contributed by atoms with Crippen molar-refractivity contribution in [1.29, 1.82) is 0 Å². The Bertz CT molecular complexity index is 1090. The van der Waals surface area contributed by atoms with Gasteiger partial charge in [0.2, 0.25) is 11.8 Å². The molecule has 1 aromatic carbocycles. The predicted octanol–water partition coefficient (Wildman–Crippen LogP) is 3.86. The molecule has 176 valence electrons. The Labute approximate surface area is 193 Å². The maximum Gasteiger partial charge on any atom is 0.416 e. The Morgan fingerprint density at radius 2 is 2.00 bits per heavy atom. The van der Waals surface area contributed by atoms with Gasteiger partial charge in [0.15, 0.2) is 0 Å². The summed E-state index contributed by atoms with van der Waals surface area (Å²) >= 11 is 6.32. The summed E-state index contributed by atoms with van der Waals surface area (Å²) in [4.78, 5) is 45.0. The molecule has 1 aromatic heterocycles. The van der Waals surface area contributed by atoms with Crippen molar-refractivity contribution in [2.45, 2.75) is 32.0 Å². The molecule has 11 heteroatoms. The first-order chi connectivity index (χ1) is 15.5. The maximum absolute atomic E-state index is 13.4. The summed E-state index contributed by atoms with van der Waals surface area (Å²) in [5.74, 6) is -1.22. The van der Waals surface area contributed by atoms with Crippen molar-refractivity contribution < 1.29 is 27.6 Å². The van der Waals surface area contributed by atoms with Crippen molar-refractivity contribution in [3.05, 3.63) is 46.6 Å². The Morgan fingerprint density at radius 3 is 2.64 bits per heavy atom. The van der Waals surface area contributed by atoms with Gasteiger partial charge in [-0.3, -0.25) is 14.5 Å². The van der Waals surface area contributed by atoms with Gasteiger partial charge in [0.1, 0.15) is 18.1 Å². The molecule has 1 saturated heterocycles. The molecule has 3 rings (SSSR count). The number of carbonyl (C=O) groups is 3. The number of alkyl halides is 3. The number of para-hydroxylation sites is 1. The lowest BCUT2D eigenvalue weighted by molar-refractivity contribution is -0.137. The second-order valence-corrected chi connectivity index (χ2v) is 8.13. The van der Waals surface area contributed by atoms with Gasteiger partial charge < -0.3 is 14.6 Å². The first-order valence-electron chi connectivity index (χ1n) is 10.0. The molecule has 2 heterocycles. The number of carbonyl (C=O) groups excluding carboxylic acids is 3. The Morgan fingerprint density at radius 1 is 1.30 bits per heavy atom. The van der Waals surface area contributed by atoms with Crippen molar-refractivity contribution in [3.8, 4) is 0 Å². The number of amides is 2. The minimum absolute atomic E-state index is 0.00529.